The minimum Gasteiger partial charge on any atom is -0.273 e. The normalized spacial score (nSPS) is 26.2. The summed E-state index contributed by atoms with van der Waals surface area (Å²) in [5.41, 5.74) is 6.28. The number of hydrogen-bond donors (Lipinski definition) is 2. The van der Waals surface area contributed by atoms with Gasteiger partial charge in [0, 0.05) is 11.3 Å². The summed E-state index contributed by atoms with van der Waals surface area (Å²) in [5, 5.41) is 0. The van der Waals surface area contributed by atoms with Gasteiger partial charge in [0.1, 0.15) is 0 Å². The molecule has 120 valence electrons. The van der Waals surface area contributed by atoms with Crippen LogP contribution in [0.1, 0.15) is 59.1 Å². The summed E-state index contributed by atoms with van der Waals surface area (Å²) in [7, 11) is 0. The molecule has 2 bridgehead atoms. The lowest BCUT2D eigenvalue weighted by atomic mass is 9.86. The third kappa shape index (κ3) is 3.19. The fraction of sp³-hybridized carbons (Fsp3) is 0.647. The lowest BCUT2D eigenvalue weighted by Crippen LogP contribution is -2.42. The van der Waals surface area contributed by atoms with Gasteiger partial charge in [-0.15, -0.1) is 11.3 Å². The van der Waals surface area contributed by atoms with Gasteiger partial charge in [-0.3, -0.25) is 20.4 Å². The zero-order chi connectivity index (χ0) is 15.7. The van der Waals surface area contributed by atoms with Crippen molar-refractivity contribution in [1.29, 1.82) is 0 Å². The zero-order valence-corrected chi connectivity index (χ0v) is 14.1. The van der Waals surface area contributed by atoms with E-state index in [1.54, 1.807) is 0 Å². The summed E-state index contributed by atoms with van der Waals surface area (Å²) in [6, 6.07) is 1.89. The summed E-state index contributed by atoms with van der Waals surface area (Å²) in [5.74, 6) is 1.83. The van der Waals surface area contributed by atoms with E-state index < -0.39 is 0 Å². The Bertz CT molecular complexity index is 581. The molecule has 4 nitrogen and oxygen atoms in total. The molecule has 3 atom stereocenters. The lowest BCUT2D eigenvalue weighted by molar-refractivity contribution is -0.123. The van der Waals surface area contributed by atoms with Crippen molar-refractivity contribution in [3.63, 3.8) is 0 Å². The van der Waals surface area contributed by atoms with E-state index in [2.05, 4.69) is 17.8 Å². The molecule has 2 aliphatic carbocycles. The molecule has 2 amide bonds. The van der Waals surface area contributed by atoms with Crippen LogP contribution in [0.2, 0.25) is 0 Å². The van der Waals surface area contributed by atoms with Crippen LogP contribution in [-0.4, -0.2) is 11.8 Å². The van der Waals surface area contributed by atoms with Crippen LogP contribution in [-0.2, 0) is 11.2 Å². The van der Waals surface area contributed by atoms with Crippen LogP contribution >= 0.6 is 11.3 Å². The number of fused-ring (bicyclic) bond motifs is 2. The van der Waals surface area contributed by atoms with Crippen LogP contribution < -0.4 is 10.9 Å². The monoisotopic (exact) mass is 320 g/mol. The highest BCUT2D eigenvalue weighted by Crippen LogP contribution is 2.49. The molecule has 5 heteroatoms. The molecule has 1 heterocycles. The van der Waals surface area contributed by atoms with Crippen LogP contribution in [0, 0.1) is 24.7 Å². The molecule has 1 aromatic rings. The number of nitrogens with one attached hydrogen (secondary N) is 2. The highest BCUT2D eigenvalue weighted by molar-refractivity contribution is 7.14. The predicted molar refractivity (Wildman–Crippen MR) is 87.6 cm³/mol. The molecule has 0 radical (unpaired) electrons. The fourth-order valence-corrected chi connectivity index (χ4v) is 5.10. The Morgan fingerprint density at radius 1 is 1.27 bits per heavy atom. The minimum absolute atomic E-state index is 0.0603. The topological polar surface area (TPSA) is 58.2 Å². The Hall–Kier alpha value is -1.36. The molecule has 0 unspecified atom stereocenters. The third-order valence-electron chi connectivity index (χ3n) is 5.21. The van der Waals surface area contributed by atoms with E-state index in [4.69, 9.17) is 0 Å². The molecule has 2 saturated carbocycles. The maximum absolute atomic E-state index is 12.1. The molecular weight excluding hydrogens is 296 g/mol. The molecule has 3 rings (SSSR count). The fourth-order valence-electron chi connectivity index (χ4n) is 4.09. The smallest absolute Gasteiger partial charge is 0.273 e. The maximum Gasteiger partial charge on any atom is 0.279 e. The van der Waals surface area contributed by atoms with Crippen molar-refractivity contribution < 1.29 is 9.59 Å². The highest BCUT2D eigenvalue weighted by Gasteiger charge is 2.40. The second-order valence-electron chi connectivity index (χ2n) is 6.71. The lowest BCUT2D eigenvalue weighted by Gasteiger charge is -2.20. The number of carbonyl (C=O) groups is 2. The summed E-state index contributed by atoms with van der Waals surface area (Å²) in [6.45, 7) is 4.09. The first kappa shape index (κ1) is 15.5. The average Bonchev–Trinajstić information content (AvgIpc) is 3.19. The van der Waals surface area contributed by atoms with Gasteiger partial charge in [-0.05, 0) is 62.0 Å². The van der Waals surface area contributed by atoms with Crippen molar-refractivity contribution in [1.82, 2.24) is 10.9 Å². The van der Waals surface area contributed by atoms with Gasteiger partial charge in [-0.2, -0.15) is 0 Å². The number of amides is 2. The van der Waals surface area contributed by atoms with Crippen LogP contribution in [0.25, 0.3) is 0 Å². The Morgan fingerprint density at radius 2 is 2.09 bits per heavy atom. The average molecular weight is 320 g/mol. The summed E-state index contributed by atoms with van der Waals surface area (Å²) >= 11 is 1.50. The van der Waals surface area contributed by atoms with E-state index in [1.807, 2.05) is 13.0 Å². The second-order valence-corrected chi connectivity index (χ2v) is 7.85. The summed E-state index contributed by atoms with van der Waals surface area (Å²) in [4.78, 5) is 26.0. The summed E-state index contributed by atoms with van der Waals surface area (Å²) in [6.07, 6.45) is 6.60. The molecular formula is C17H24N2O2S. The maximum atomic E-state index is 12.1. The molecule has 1 aromatic heterocycles. The van der Waals surface area contributed by atoms with Gasteiger partial charge in [0.25, 0.3) is 5.91 Å². The van der Waals surface area contributed by atoms with Crippen LogP contribution in [0.3, 0.4) is 0 Å². The van der Waals surface area contributed by atoms with Gasteiger partial charge in [-0.25, -0.2) is 0 Å². The van der Waals surface area contributed by atoms with Gasteiger partial charge in [0.05, 0.1) is 4.88 Å². The van der Waals surface area contributed by atoms with E-state index in [-0.39, 0.29) is 11.8 Å². The molecule has 0 spiro atoms. The Kier molecular flexibility index (Phi) is 4.52. The van der Waals surface area contributed by atoms with E-state index in [0.717, 1.165) is 23.8 Å². The Labute approximate surface area is 135 Å². The number of rotatable bonds is 4. The van der Waals surface area contributed by atoms with Crippen molar-refractivity contribution in [2.24, 2.45) is 17.8 Å². The van der Waals surface area contributed by atoms with E-state index >= 15 is 0 Å². The van der Waals surface area contributed by atoms with Crippen molar-refractivity contribution in [3.8, 4) is 0 Å². The zero-order valence-electron chi connectivity index (χ0n) is 13.3. The standard InChI is InChI=1S/C17H24N2O2S/c1-3-14-10(2)6-15(22-14)17(21)19-18-16(20)9-13-8-11-4-5-12(13)7-11/h6,11-13H,3-5,7-9H2,1-2H3,(H,18,20)(H,19,21)/t11-,12+,13-/m0/s1. The third-order valence-corrected chi connectivity index (χ3v) is 6.59. The van der Waals surface area contributed by atoms with Gasteiger partial charge in [0.15, 0.2) is 0 Å². The van der Waals surface area contributed by atoms with E-state index in [0.29, 0.717) is 17.2 Å². The number of hydrazine groups is 1. The number of aryl methyl sites for hydroxylation is 2. The van der Waals surface area contributed by atoms with Crippen LogP contribution in [0.15, 0.2) is 6.07 Å². The predicted octanol–water partition coefficient (Wildman–Crippen LogP) is 3.21. The van der Waals surface area contributed by atoms with E-state index in [1.165, 1.54) is 41.9 Å². The second kappa shape index (κ2) is 6.41. The van der Waals surface area contributed by atoms with Gasteiger partial charge >= 0.3 is 0 Å². The molecule has 2 N–H and O–H groups in total. The number of carbonyl (C=O) groups excluding carboxylic acids is 2. The first-order valence-electron chi connectivity index (χ1n) is 8.25. The largest absolute Gasteiger partial charge is 0.279 e. The molecule has 0 aliphatic heterocycles. The molecule has 22 heavy (non-hydrogen) atoms. The number of thiophene rings is 1. The van der Waals surface area contributed by atoms with Gasteiger partial charge < -0.3 is 0 Å². The Morgan fingerprint density at radius 3 is 2.68 bits per heavy atom. The molecule has 2 fully saturated rings. The van der Waals surface area contributed by atoms with Crippen molar-refractivity contribution >= 4 is 23.2 Å². The molecule has 0 aromatic carbocycles. The quantitative estimate of drug-likeness (QED) is 0.837. The van der Waals surface area contributed by atoms with Crippen molar-refractivity contribution in [2.45, 2.75) is 52.4 Å². The minimum atomic E-state index is -0.214. The van der Waals surface area contributed by atoms with E-state index in [9.17, 15) is 9.59 Å². The van der Waals surface area contributed by atoms with Gasteiger partial charge in [0.2, 0.25) is 5.91 Å². The first-order valence-corrected chi connectivity index (χ1v) is 9.07. The van der Waals surface area contributed by atoms with Crippen LogP contribution in [0.4, 0.5) is 0 Å². The summed E-state index contributed by atoms with van der Waals surface area (Å²) < 4.78 is 0. The molecule has 2 aliphatic rings. The first-order chi connectivity index (χ1) is 10.6. The highest BCUT2D eigenvalue weighted by atomic mass is 32.1. The number of hydrogen-bond acceptors (Lipinski definition) is 3. The van der Waals surface area contributed by atoms with Gasteiger partial charge in [-0.1, -0.05) is 13.3 Å². The van der Waals surface area contributed by atoms with Crippen molar-refractivity contribution in [2.75, 3.05) is 0 Å². The molecule has 0 saturated heterocycles. The Balaban J connectivity index is 1.47. The SMILES string of the molecule is CCc1sc(C(=O)NNC(=O)C[C@@H]2C[C@H]3CC[C@@H]2C3)cc1C. The van der Waals surface area contributed by atoms with Crippen molar-refractivity contribution in [3.05, 3.63) is 21.4 Å². The van der Waals surface area contributed by atoms with Crippen LogP contribution in [0.5, 0.6) is 0 Å².